The number of fused-ring (bicyclic) bond motifs is 1. The van der Waals surface area contributed by atoms with Gasteiger partial charge in [-0.05, 0) is 37.5 Å². The standard InChI is InChI=1S/C17H19NO5S/c1-11(23-17(19)13-9-24-16(18-13)8-20-2)3-4-12-5-6-14-15(7-12)22-10-21-14/h5-7,9,11H,3-4,8,10H2,1-2H3/t11-/m1/s1. The van der Waals surface area contributed by atoms with Crippen LogP contribution in [0.25, 0.3) is 0 Å². The number of thiazole rings is 1. The fourth-order valence-electron chi connectivity index (χ4n) is 2.36. The van der Waals surface area contributed by atoms with Gasteiger partial charge >= 0.3 is 5.97 Å². The van der Waals surface area contributed by atoms with Gasteiger partial charge in [0, 0.05) is 12.5 Å². The fraction of sp³-hybridized carbons (Fsp3) is 0.412. The van der Waals surface area contributed by atoms with Crippen molar-refractivity contribution >= 4 is 17.3 Å². The van der Waals surface area contributed by atoms with Crippen LogP contribution in [0.3, 0.4) is 0 Å². The molecule has 0 fully saturated rings. The summed E-state index contributed by atoms with van der Waals surface area (Å²) in [5, 5.41) is 2.46. The van der Waals surface area contributed by atoms with Crippen molar-refractivity contribution in [3.05, 3.63) is 39.8 Å². The van der Waals surface area contributed by atoms with Crippen LogP contribution in [0.15, 0.2) is 23.6 Å². The van der Waals surface area contributed by atoms with Crippen molar-refractivity contribution in [3.8, 4) is 11.5 Å². The van der Waals surface area contributed by atoms with Crippen molar-refractivity contribution in [2.24, 2.45) is 0 Å². The van der Waals surface area contributed by atoms with Gasteiger partial charge in [-0.25, -0.2) is 9.78 Å². The molecule has 1 aromatic heterocycles. The molecule has 0 unspecified atom stereocenters. The number of benzene rings is 1. The molecule has 1 aliphatic heterocycles. The molecule has 128 valence electrons. The van der Waals surface area contributed by atoms with E-state index < -0.39 is 5.97 Å². The van der Waals surface area contributed by atoms with E-state index in [1.54, 1.807) is 12.5 Å². The first-order valence-electron chi connectivity index (χ1n) is 7.68. The number of ether oxygens (including phenoxy) is 4. The Hall–Kier alpha value is -2.12. The first-order valence-corrected chi connectivity index (χ1v) is 8.56. The molecule has 0 radical (unpaired) electrons. The molecule has 2 aromatic rings. The summed E-state index contributed by atoms with van der Waals surface area (Å²) in [5.74, 6) is 1.14. The van der Waals surface area contributed by atoms with Gasteiger partial charge in [-0.1, -0.05) is 6.07 Å². The third kappa shape index (κ3) is 4.04. The molecular weight excluding hydrogens is 330 g/mol. The Morgan fingerprint density at radius 3 is 3.04 bits per heavy atom. The number of carbonyl (C=O) groups is 1. The Balaban J connectivity index is 1.49. The van der Waals surface area contributed by atoms with Gasteiger partial charge < -0.3 is 18.9 Å². The minimum atomic E-state index is -0.396. The van der Waals surface area contributed by atoms with E-state index in [0.717, 1.165) is 34.9 Å². The van der Waals surface area contributed by atoms with Crippen LogP contribution in [0.4, 0.5) is 0 Å². The molecule has 1 aliphatic rings. The summed E-state index contributed by atoms with van der Waals surface area (Å²) in [6, 6.07) is 5.87. The molecule has 0 aliphatic carbocycles. The molecule has 24 heavy (non-hydrogen) atoms. The van der Waals surface area contributed by atoms with E-state index in [1.165, 1.54) is 11.3 Å². The average molecular weight is 349 g/mol. The summed E-state index contributed by atoms with van der Waals surface area (Å²) in [4.78, 5) is 16.3. The predicted octanol–water partition coefficient (Wildman–Crippen LogP) is 3.20. The summed E-state index contributed by atoms with van der Waals surface area (Å²) in [6.45, 7) is 2.55. The third-order valence-corrected chi connectivity index (χ3v) is 4.44. The van der Waals surface area contributed by atoms with Crippen molar-refractivity contribution in [3.63, 3.8) is 0 Å². The highest BCUT2D eigenvalue weighted by atomic mass is 32.1. The number of esters is 1. The zero-order chi connectivity index (χ0) is 16.9. The third-order valence-electron chi connectivity index (χ3n) is 3.61. The molecule has 0 saturated heterocycles. The largest absolute Gasteiger partial charge is 0.458 e. The van der Waals surface area contributed by atoms with Crippen LogP contribution in [0.1, 0.15) is 34.4 Å². The maximum atomic E-state index is 12.1. The molecule has 0 spiro atoms. The fourth-order valence-corrected chi connectivity index (χ4v) is 3.10. The number of rotatable bonds is 7. The van der Waals surface area contributed by atoms with Crippen molar-refractivity contribution in [1.82, 2.24) is 4.98 Å². The Morgan fingerprint density at radius 2 is 2.21 bits per heavy atom. The Labute approximate surface area is 144 Å². The molecule has 0 bridgehead atoms. The van der Waals surface area contributed by atoms with E-state index in [9.17, 15) is 4.79 Å². The van der Waals surface area contributed by atoms with Crippen LogP contribution in [0.2, 0.25) is 0 Å². The second kappa shape index (κ2) is 7.63. The van der Waals surface area contributed by atoms with E-state index in [-0.39, 0.29) is 12.9 Å². The lowest BCUT2D eigenvalue weighted by Gasteiger charge is -2.12. The van der Waals surface area contributed by atoms with Crippen molar-refractivity contribution in [2.75, 3.05) is 13.9 Å². The van der Waals surface area contributed by atoms with Crippen LogP contribution in [-0.4, -0.2) is 31.0 Å². The second-order valence-corrected chi connectivity index (χ2v) is 6.44. The zero-order valence-electron chi connectivity index (χ0n) is 13.6. The molecule has 2 heterocycles. The highest BCUT2D eigenvalue weighted by Gasteiger charge is 2.17. The lowest BCUT2D eigenvalue weighted by molar-refractivity contribution is 0.0318. The predicted molar refractivity (Wildman–Crippen MR) is 88.6 cm³/mol. The highest BCUT2D eigenvalue weighted by Crippen LogP contribution is 2.32. The van der Waals surface area contributed by atoms with E-state index in [4.69, 9.17) is 18.9 Å². The van der Waals surface area contributed by atoms with Crippen LogP contribution < -0.4 is 9.47 Å². The SMILES string of the molecule is COCc1nc(C(=O)O[C@H](C)CCc2ccc3c(c2)OCO3)cs1. The summed E-state index contributed by atoms with van der Waals surface area (Å²) in [5.41, 5.74) is 1.46. The number of nitrogens with zero attached hydrogens (tertiary/aromatic N) is 1. The van der Waals surface area contributed by atoms with Gasteiger partial charge in [-0.3, -0.25) is 0 Å². The van der Waals surface area contributed by atoms with Crippen LogP contribution in [-0.2, 0) is 22.5 Å². The average Bonchev–Trinajstić information content (AvgIpc) is 3.21. The molecule has 0 amide bonds. The Morgan fingerprint density at radius 1 is 1.38 bits per heavy atom. The molecule has 0 N–H and O–H groups in total. The van der Waals surface area contributed by atoms with Crippen molar-refractivity contribution in [1.29, 1.82) is 0 Å². The first kappa shape index (κ1) is 16.7. The number of hydrogen-bond acceptors (Lipinski definition) is 7. The quantitative estimate of drug-likeness (QED) is 0.715. The highest BCUT2D eigenvalue weighted by molar-refractivity contribution is 7.09. The lowest BCUT2D eigenvalue weighted by atomic mass is 10.1. The molecule has 1 atom stereocenters. The van der Waals surface area contributed by atoms with Gasteiger partial charge in [0.25, 0.3) is 0 Å². The number of hydrogen-bond donors (Lipinski definition) is 0. The van der Waals surface area contributed by atoms with Gasteiger partial charge in [0.05, 0.1) is 12.7 Å². The molecule has 3 rings (SSSR count). The normalized spacial score (nSPS) is 13.8. The van der Waals surface area contributed by atoms with Crippen molar-refractivity contribution < 1.29 is 23.7 Å². The molecule has 1 aromatic carbocycles. The molecule has 7 heteroatoms. The summed E-state index contributed by atoms with van der Waals surface area (Å²) < 4.78 is 21.1. The monoisotopic (exact) mass is 349 g/mol. The molecular formula is C17H19NO5S. The van der Waals surface area contributed by atoms with Gasteiger partial charge in [0.1, 0.15) is 5.01 Å². The Bertz CT molecular complexity index is 715. The summed E-state index contributed by atoms with van der Waals surface area (Å²) >= 11 is 1.39. The number of aromatic nitrogens is 1. The van der Waals surface area contributed by atoms with Crippen molar-refractivity contribution in [2.45, 2.75) is 32.5 Å². The van der Waals surface area contributed by atoms with Gasteiger partial charge in [-0.15, -0.1) is 11.3 Å². The minimum Gasteiger partial charge on any atom is -0.458 e. The van der Waals surface area contributed by atoms with E-state index in [2.05, 4.69) is 4.98 Å². The van der Waals surface area contributed by atoms with Crippen LogP contribution in [0, 0.1) is 0 Å². The Kier molecular flexibility index (Phi) is 5.32. The number of aryl methyl sites for hydroxylation is 1. The molecule has 6 nitrogen and oxygen atoms in total. The number of methoxy groups -OCH3 is 1. The minimum absolute atomic E-state index is 0.199. The smallest absolute Gasteiger partial charge is 0.358 e. The lowest BCUT2D eigenvalue weighted by Crippen LogP contribution is -2.16. The van der Waals surface area contributed by atoms with E-state index >= 15 is 0 Å². The van der Waals surface area contributed by atoms with Gasteiger partial charge in [0.15, 0.2) is 17.2 Å². The van der Waals surface area contributed by atoms with E-state index in [1.807, 2.05) is 25.1 Å². The maximum absolute atomic E-state index is 12.1. The van der Waals surface area contributed by atoms with Gasteiger partial charge in [-0.2, -0.15) is 0 Å². The van der Waals surface area contributed by atoms with E-state index in [0.29, 0.717) is 12.3 Å². The van der Waals surface area contributed by atoms with Crippen LogP contribution >= 0.6 is 11.3 Å². The molecule has 0 saturated carbocycles. The summed E-state index contributed by atoms with van der Waals surface area (Å²) in [6.07, 6.45) is 1.31. The zero-order valence-corrected chi connectivity index (χ0v) is 14.4. The summed E-state index contributed by atoms with van der Waals surface area (Å²) in [7, 11) is 1.59. The number of carbonyl (C=O) groups excluding carboxylic acids is 1. The second-order valence-electron chi connectivity index (χ2n) is 5.50. The van der Waals surface area contributed by atoms with Crippen LogP contribution in [0.5, 0.6) is 11.5 Å². The van der Waals surface area contributed by atoms with Gasteiger partial charge in [0.2, 0.25) is 6.79 Å². The first-order chi connectivity index (χ1) is 11.7. The maximum Gasteiger partial charge on any atom is 0.358 e. The topological polar surface area (TPSA) is 66.9 Å².